The largest absolute Gasteiger partial charge is 0.445 e. The van der Waals surface area contributed by atoms with Gasteiger partial charge in [-0.1, -0.05) is 30.3 Å². The van der Waals surface area contributed by atoms with E-state index in [4.69, 9.17) is 16.3 Å². The van der Waals surface area contributed by atoms with Crippen molar-refractivity contribution in [3.05, 3.63) is 35.9 Å². The Balaban J connectivity index is 1.91. The Labute approximate surface area is 135 Å². The van der Waals surface area contributed by atoms with E-state index in [0.717, 1.165) is 5.56 Å². The van der Waals surface area contributed by atoms with Crippen LogP contribution >= 0.6 is 11.6 Å². The zero-order chi connectivity index (χ0) is 16.1. The van der Waals surface area contributed by atoms with E-state index in [1.165, 1.54) is 0 Å². The van der Waals surface area contributed by atoms with Crippen LogP contribution in [0.3, 0.4) is 0 Å². The van der Waals surface area contributed by atoms with Gasteiger partial charge in [0.1, 0.15) is 12.5 Å². The number of benzene rings is 1. The lowest BCUT2D eigenvalue weighted by molar-refractivity contribution is -0.135. The van der Waals surface area contributed by atoms with E-state index in [1.807, 2.05) is 44.2 Å². The molecular weight excluding hydrogens is 304 g/mol. The van der Waals surface area contributed by atoms with Gasteiger partial charge in [0.15, 0.2) is 0 Å². The molecule has 6 heteroatoms. The molecule has 2 rings (SSSR count). The number of ether oxygens (including phenoxy) is 1. The standard InChI is InChI=1S/C16H21ClN2O3/c1-12-9-18(10-13(2)19(12)15(20)8-17)16(21)22-11-14-6-4-3-5-7-14/h3-7,12-13H,8-11H2,1-2H3/t12-,13+. The van der Waals surface area contributed by atoms with E-state index in [1.54, 1.807) is 9.80 Å². The molecule has 0 spiro atoms. The summed E-state index contributed by atoms with van der Waals surface area (Å²) in [5.41, 5.74) is 0.952. The van der Waals surface area contributed by atoms with Crippen LogP contribution in [0.2, 0.25) is 0 Å². The molecule has 120 valence electrons. The summed E-state index contributed by atoms with van der Waals surface area (Å²) < 4.78 is 5.34. The number of carbonyl (C=O) groups excluding carboxylic acids is 2. The van der Waals surface area contributed by atoms with Crippen molar-refractivity contribution in [2.45, 2.75) is 32.5 Å². The molecule has 0 saturated carbocycles. The van der Waals surface area contributed by atoms with Crippen LogP contribution in [0, 0.1) is 0 Å². The van der Waals surface area contributed by atoms with Crippen molar-refractivity contribution in [2.75, 3.05) is 19.0 Å². The Morgan fingerprint density at radius 2 is 1.77 bits per heavy atom. The summed E-state index contributed by atoms with van der Waals surface area (Å²) in [6.45, 7) is 5.00. The second-order valence-electron chi connectivity index (χ2n) is 5.58. The predicted octanol–water partition coefficient (Wildman–Crippen LogP) is 2.48. The van der Waals surface area contributed by atoms with Gasteiger partial charge in [0.25, 0.3) is 0 Å². The molecule has 1 aromatic carbocycles. The zero-order valence-corrected chi connectivity index (χ0v) is 13.6. The maximum atomic E-state index is 12.2. The van der Waals surface area contributed by atoms with Gasteiger partial charge in [-0.05, 0) is 19.4 Å². The fourth-order valence-corrected chi connectivity index (χ4v) is 2.98. The molecule has 1 aliphatic heterocycles. The molecule has 2 atom stereocenters. The summed E-state index contributed by atoms with van der Waals surface area (Å²) in [7, 11) is 0. The highest BCUT2D eigenvalue weighted by molar-refractivity contribution is 6.27. The van der Waals surface area contributed by atoms with Gasteiger partial charge in [0.05, 0.1) is 0 Å². The number of halogens is 1. The maximum Gasteiger partial charge on any atom is 0.410 e. The number of nitrogens with zero attached hydrogens (tertiary/aromatic N) is 2. The van der Waals surface area contributed by atoms with Gasteiger partial charge >= 0.3 is 6.09 Å². The first-order valence-corrected chi connectivity index (χ1v) is 7.89. The molecule has 1 fully saturated rings. The first-order chi connectivity index (χ1) is 10.5. The Kier molecular flexibility index (Phi) is 5.66. The maximum absolute atomic E-state index is 12.2. The third kappa shape index (κ3) is 3.91. The van der Waals surface area contributed by atoms with Crippen LogP contribution < -0.4 is 0 Å². The normalized spacial score (nSPS) is 21.6. The van der Waals surface area contributed by atoms with Gasteiger partial charge in [0, 0.05) is 25.2 Å². The van der Waals surface area contributed by atoms with Crippen molar-refractivity contribution < 1.29 is 14.3 Å². The highest BCUT2D eigenvalue weighted by Crippen LogP contribution is 2.17. The summed E-state index contributed by atoms with van der Waals surface area (Å²) in [6.07, 6.45) is -0.347. The minimum atomic E-state index is -0.347. The molecule has 22 heavy (non-hydrogen) atoms. The third-order valence-corrected chi connectivity index (χ3v) is 4.01. The molecule has 5 nitrogen and oxygen atoms in total. The summed E-state index contributed by atoms with van der Waals surface area (Å²) in [5.74, 6) is -0.133. The number of amides is 2. The summed E-state index contributed by atoms with van der Waals surface area (Å²) >= 11 is 5.64. The average molecular weight is 325 g/mol. The van der Waals surface area contributed by atoms with Crippen molar-refractivity contribution in [1.29, 1.82) is 0 Å². The Morgan fingerprint density at radius 1 is 1.18 bits per heavy atom. The first-order valence-electron chi connectivity index (χ1n) is 7.35. The molecule has 1 heterocycles. The van der Waals surface area contributed by atoms with Crippen LogP contribution in [0.1, 0.15) is 19.4 Å². The van der Waals surface area contributed by atoms with E-state index in [9.17, 15) is 9.59 Å². The van der Waals surface area contributed by atoms with Crippen LogP contribution in [0.15, 0.2) is 30.3 Å². The Hall–Kier alpha value is -1.75. The third-order valence-electron chi connectivity index (χ3n) is 3.78. The number of rotatable bonds is 3. The lowest BCUT2D eigenvalue weighted by atomic mass is 10.1. The summed E-state index contributed by atoms with van der Waals surface area (Å²) in [5, 5.41) is 0. The van der Waals surface area contributed by atoms with Gasteiger partial charge in [-0.15, -0.1) is 11.6 Å². The number of hydrogen-bond acceptors (Lipinski definition) is 3. The van der Waals surface area contributed by atoms with Crippen LogP contribution in [0.5, 0.6) is 0 Å². The van der Waals surface area contributed by atoms with Crippen molar-refractivity contribution in [3.63, 3.8) is 0 Å². The molecule has 1 saturated heterocycles. The smallest absolute Gasteiger partial charge is 0.410 e. The Bertz CT molecular complexity index is 511. The molecule has 1 aromatic rings. The fourth-order valence-electron chi connectivity index (χ4n) is 2.84. The van der Waals surface area contributed by atoms with Crippen molar-refractivity contribution in [3.8, 4) is 0 Å². The molecule has 0 radical (unpaired) electrons. The SMILES string of the molecule is C[C@@H]1CN(C(=O)OCc2ccccc2)C[C@H](C)N1C(=O)CCl. The van der Waals surface area contributed by atoms with Crippen LogP contribution in [0.25, 0.3) is 0 Å². The highest BCUT2D eigenvalue weighted by atomic mass is 35.5. The summed E-state index contributed by atoms with van der Waals surface area (Å²) in [4.78, 5) is 27.4. The van der Waals surface area contributed by atoms with Crippen LogP contribution in [-0.4, -0.2) is 52.9 Å². The molecular formula is C16H21ClN2O3. The number of piperazine rings is 1. The van der Waals surface area contributed by atoms with Crippen LogP contribution in [0.4, 0.5) is 4.79 Å². The fraction of sp³-hybridized carbons (Fsp3) is 0.500. The van der Waals surface area contributed by atoms with Gasteiger partial charge in [-0.25, -0.2) is 4.79 Å². The van der Waals surface area contributed by atoms with Gasteiger partial charge in [-0.3, -0.25) is 4.79 Å². The second-order valence-corrected chi connectivity index (χ2v) is 5.85. The lowest BCUT2D eigenvalue weighted by Crippen LogP contribution is -2.60. The van der Waals surface area contributed by atoms with Gasteiger partial charge < -0.3 is 14.5 Å². The number of hydrogen-bond donors (Lipinski definition) is 0. The van der Waals surface area contributed by atoms with Gasteiger partial charge in [-0.2, -0.15) is 0 Å². The molecule has 0 unspecified atom stereocenters. The quantitative estimate of drug-likeness (QED) is 0.803. The van der Waals surface area contributed by atoms with Crippen molar-refractivity contribution in [2.24, 2.45) is 0 Å². The molecule has 0 aliphatic carbocycles. The average Bonchev–Trinajstić information content (AvgIpc) is 2.52. The summed E-state index contributed by atoms with van der Waals surface area (Å²) in [6, 6.07) is 9.42. The molecule has 1 aliphatic rings. The zero-order valence-electron chi connectivity index (χ0n) is 12.9. The minimum Gasteiger partial charge on any atom is -0.445 e. The van der Waals surface area contributed by atoms with E-state index in [2.05, 4.69) is 0 Å². The van der Waals surface area contributed by atoms with Crippen molar-refractivity contribution >= 4 is 23.6 Å². The monoisotopic (exact) mass is 324 g/mol. The minimum absolute atomic E-state index is 0.0346. The van der Waals surface area contributed by atoms with Crippen LogP contribution in [-0.2, 0) is 16.1 Å². The number of alkyl halides is 1. The van der Waals surface area contributed by atoms with E-state index < -0.39 is 0 Å². The van der Waals surface area contributed by atoms with E-state index in [-0.39, 0.29) is 36.6 Å². The predicted molar refractivity (Wildman–Crippen MR) is 84.7 cm³/mol. The second kappa shape index (κ2) is 7.49. The number of carbonyl (C=O) groups is 2. The molecule has 0 N–H and O–H groups in total. The topological polar surface area (TPSA) is 49.9 Å². The Morgan fingerprint density at radius 3 is 2.32 bits per heavy atom. The molecule has 2 amide bonds. The van der Waals surface area contributed by atoms with E-state index >= 15 is 0 Å². The van der Waals surface area contributed by atoms with Gasteiger partial charge in [0.2, 0.25) is 5.91 Å². The molecule has 0 aromatic heterocycles. The van der Waals surface area contributed by atoms with Crippen molar-refractivity contribution in [1.82, 2.24) is 9.80 Å². The highest BCUT2D eigenvalue weighted by Gasteiger charge is 2.34. The lowest BCUT2D eigenvalue weighted by Gasteiger charge is -2.43. The molecule has 0 bridgehead atoms. The van der Waals surface area contributed by atoms with E-state index in [0.29, 0.717) is 13.1 Å². The first kappa shape index (κ1) is 16.6.